The minimum Gasteiger partial charge on any atom is -0.461 e. The van der Waals surface area contributed by atoms with Gasteiger partial charge in [-0.15, -0.1) is 0 Å². The summed E-state index contributed by atoms with van der Waals surface area (Å²) in [6.07, 6.45) is 3.25. The average Bonchev–Trinajstić information content (AvgIpc) is 2.74. The van der Waals surface area contributed by atoms with Gasteiger partial charge in [0.1, 0.15) is 5.69 Å². The number of esters is 1. The van der Waals surface area contributed by atoms with Gasteiger partial charge < -0.3 is 9.30 Å². The molecule has 0 spiro atoms. The lowest BCUT2D eigenvalue weighted by molar-refractivity contribution is 0.0512. The van der Waals surface area contributed by atoms with Crippen LogP contribution in [0, 0.1) is 18.3 Å². The minimum atomic E-state index is -0.380. The molecule has 1 aromatic heterocycles. The number of ketones is 1. The molecule has 0 saturated carbocycles. The highest BCUT2D eigenvalue weighted by Gasteiger charge is 2.30. The van der Waals surface area contributed by atoms with Crippen molar-refractivity contribution in [2.75, 3.05) is 6.61 Å². The van der Waals surface area contributed by atoms with E-state index in [1.807, 2.05) is 11.5 Å². The molecule has 0 aliphatic heterocycles. The van der Waals surface area contributed by atoms with Crippen molar-refractivity contribution >= 4 is 11.8 Å². The van der Waals surface area contributed by atoms with Crippen molar-refractivity contribution < 1.29 is 14.3 Å². The van der Waals surface area contributed by atoms with Crippen molar-refractivity contribution in [3.05, 3.63) is 22.5 Å². The molecule has 112 valence electrons. The summed E-state index contributed by atoms with van der Waals surface area (Å²) in [5.41, 5.74) is 2.84. The maximum atomic E-state index is 12.2. The molecule has 0 bridgehead atoms. The molecule has 1 aromatic rings. The monoisotopic (exact) mass is 288 g/mol. The maximum absolute atomic E-state index is 12.2. The number of fused-ring (bicyclic) bond motifs is 1. The van der Waals surface area contributed by atoms with Crippen LogP contribution in [0.5, 0.6) is 0 Å². The number of hydrogen-bond acceptors (Lipinski definition) is 4. The Labute approximate surface area is 124 Å². The van der Waals surface area contributed by atoms with Gasteiger partial charge in [-0.05, 0) is 38.7 Å². The standard InChI is InChI=1S/C16H20N2O3/c1-3-21-16(20)15-11(2)14-12(7-6-8-13(14)19)18(15)10-5-4-9-17/h3-8,10H2,1-2H3. The third kappa shape index (κ3) is 2.85. The van der Waals surface area contributed by atoms with E-state index in [1.165, 1.54) is 0 Å². The van der Waals surface area contributed by atoms with Crippen molar-refractivity contribution in [3.63, 3.8) is 0 Å². The van der Waals surface area contributed by atoms with Crippen molar-refractivity contribution in [1.29, 1.82) is 5.26 Å². The van der Waals surface area contributed by atoms with Crippen LogP contribution in [0.25, 0.3) is 0 Å². The number of unbranched alkanes of at least 4 members (excludes halogenated alkanes) is 1. The second kappa shape index (κ2) is 6.57. The summed E-state index contributed by atoms with van der Waals surface area (Å²) in [5.74, 6) is -0.271. The molecular formula is C16H20N2O3. The third-order valence-corrected chi connectivity index (χ3v) is 3.85. The summed E-state index contributed by atoms with van der Waals surface area (Å²) in [7, 11) is 0. The van der Waals surface area contributed by atoms with Crippen LogP contribution in [-0.2, 0) is 17.7 Å². The number of carbonyl (C=O) groups is 2. The first kappa shape index (κ1) is 15.3. The molecule has 1 aliphatic carbocycles. The number of nitrogens with zero attached hydrogens (tertiary/aromatic N) is 2. The SMILES string of the molecule is CCOC(=O)c1c(C)c2c(n1CCCC#N)CCCC2=O. The van der Waals surface area contributed by atoms with Crippen LogP contribution in [-0.4, -0.2) is 22.9 Å². The number of ether oxygens (including phenoxy) is 1. The zero-order valence-electron chi connectivity index (χ0n) is 12.6. The fourth-order valence-corrected chi connectivity index (χ4v) is 3.00. The van der Waals surface area contributed by atoms with Crippen molar-refractivity contribution in [3.8, 4) is 6.07 Å². The predicted octanol–water partition coefficient (Wildman–Crippen LogP) is 2.80. The van der Waals surface area contributed by atoms with E-state index in [4.69, 9.17) is 10.00 Å². The van der Waals surface area contributed by atoms with Crippen molar-refractivity contribution in [2.24, 2.45) is 0 Å². The minimum absolute atomic E-state index is 0.110. The van der Waals surface area contributed by atoms with Crippen LogP contribution < -0.4 is 0 Å². The van der Waals surface area contributed by atoms with Gasteiger partial charge in [-0.1, -0.05) is 0 Å². The number of carbonyl (C=O) groups excluding carboxylic acids is 2. The van der Waals surface area contributed by atoms with Crippen molar-refractivity contribution in [2.45, 2.75) is 52.5 Å². The van der Waals surface area contributed by atoms with Gasteiger partial charge in [-0.25, -0.2) is 4.79 Å². The molecule has 0 amide bonds. The zero-order chi connectivity index (χ0) is 15.4. The fourth-order valence-electron chi connectivity index (χ4n) is 3.00. The highest BCUT2D eigenvalue weighted by molar-refractivity contribution is 6.03. The Morgan fingerprint density at radius 3 is 2.86 bits per heavy atom. The van der Waals surface area contributed by atoms with Gasteiger partial charge in [0.15, 0.2) is 5.78 Å². The van der Waals surface area contributed by atoms with Gasteiger partial charge in [-0.3, -0.25) is 4.79 Å². The smallest absolute Gasteiger partial charge is 0.355 e. The Hall–Kier alpha value is -2.09. The topological polar surface area (TPSA) is 72.1 Å². The van der Waals surface area contributed by atoms with E-state index in [1.54, 1.807) is 6.92 Å². The number of Topliss-reactive ketones (excluding diaryl/α,β-unsaturated/α-hetero) is 1. The maximum Gasteiger partial charge on any atom is 0.355 e. The molecule has 2 rings (SSSR count). The summed E-state index contributed by atoms with van der Waals surface area (Å²) in [6, 6.07) is 2.11. The quantitative estimate of drug-likeness (QED) is 0.617. The number of hydrogen-bond donors (Lipinski definition) is 0. The summed E-state index contributed by atoms with van der Waals surface area (Å²) < 4.78 is 7.03. The van der Waals surface area contributed by atoms with Gasteiger partial charge in [0, 0.05) is 30.6 Å². The first-order valence-electron chi connectivity index (χ1n) is 7.41. The van der Waals surface area contributed by atoms with Crippen LogP contribution in [0.2, 0.25) is 0 Å². The second-order valence-corrected chi connectivity index (χ2v) is 5.21. The fraction of sp³-hybridized carbons (Fsp3) is 0.562. The van der Waals surface area contributed by atoms with E-state index in [9.17, 15) is 9.59 Å². The second-order valence-electron chi connectivity index (χ2n) is 5.21. The van der Waals surface area contributed by atoms with Gasteiger partial charge in [0.05, 0.1) is 12.7 Å². The Bertz CT molecular complexity index is 608. The normalized spacial score (nSPS) is 13.7. The lowest BCUT2D eigenvalue weighted by Gasteiger charge is -2.15. The Morgan fingerprint density at radius 1 is 1.43 bits per heavy atom. The molecule has 0 saturated heterocycles. The molecule has 0 radical (unpaired) electrons. The van der Waals surface area contributed by atoms with Crippen LogP contribution in [0.1, 0.15) is 64.7 Å². The third-order valence-electron chi connectivity index (χ3n) is 3.85. The lowest BCUT2D eigenvalue weighted by Crippen LogP contribution is -2.16. The molecule has 0 aromatic carbocycles. The van der Waals surface area contributed by atoms with Gasteiger partial charge >= 0.3 is 5.97 Å². The predicted molar refractivity (Wildman–Crippen MR) is 77.2 cm³/mol. The van der Waals surface area contributed by atoms with Gasteiger partial charge in [-0.2, -0.15) is 5.26 Å². The van der Waals surface area contributed by atoms with Crippen LogP contribution >= 0.6 is 0 Å². The summed E-state index contributed by atoms with van der Waals surface area (Å²) >= 11 is 0. The van der Waals surface area contributed by atoms with Crippen LogP contribution in [0.15, 0.2) is 0 Å². The molecule has 0 N–H and O–H groups in total. The van der Waals surface area contributed by atoms with Crippen molar-refractivity contribution in [1.82, 2.24) is 4.57 Å². The Morgan fingerprint density at radius 2 is 2.19 bits per heavy atom. The zero-order valence-corrected chi connectivity index (χ0v) is 12.6. The van der Waals surface area contributed by atoms with Crippen LogP contribution in [0.4, 0.5) is 0 Å². The molecule has 0 fully saturated rings. The van der Waals surface area contributed by atoms with Gasteiger partial charge in [0.2, 0.25) is 0 Å². The Kier molecular flexibility index (Phi) is 4.79. The van der Waals surface area contributed by atoms with E-state index < -0.39 is 0 Å². The lowest BCUT2D eigenvalue weighted by atomic mass is 9.93. The molecule has 0 unspecified atom stereocenters. The molecule has 5 nitrogen and oxygen atoms in total. The highest BCUT2D eigenvalue weighted by atomic mass is 16.5. The Balaban J connectivity index is 2.48. The van der Waals surface area contributed by atoms with E-state index in [-0.39, 0.29) is 11.8 Å². The highest BCUT2D eigenvalue weighted by Crippen LogP contribution is 2.30. The molecule has 5 heteroatoms. The van der Waals surface area contributed by atoms with E-state index in [0.29, 0.717) is 43.7 Å². The molecule has 1 heterocycles. The average molecular weight is 288 g/mol. The van der Waals surface area contributed by atoms with E-state index in [0.717, 1.165) is 24.1 Å². The summed E-state index contributed by atoms with van der Waals surface area (Å²) in [4.78, 5) is 24.4. The number of rotatable bonds is 5. The molecule has 0 atom stereocenters. The first-order valence-corrected chi connectivity index (χ1v) is 7.41. The van der Waals surface area contributed by atoms with E-state index in [2.05, 4.69) is 6.07 Å². The summed E-state index contributed by atoms with van der Waals surface area (Å²) in [6.45, 7) is 4.46. The first-order chi connectivity index (χ1) is 10.1. The molecule has 21 heavy (non-hydrogen) atoms. The van der Waals surface area contributed by atoms with Crippen LogP contribution in [0.3, 0.4) is 0 Å². The number of nitriles is 1. The largest absolute Gasteiger partial charge is 0.461 e. The molecular weight excluding hydrogens is 268 g/mol. The van der Waals surface area contributed by atoms with E-state index >= 15 is 0 Å². The molecule has 1 aliphatic rings. The summed E-state index contributed by atoms with van der Waals surface area (Å²) in [5, 5.41) is 8.69. The number of aromatic nitrogens is 1. The van der Waals surface area contributed by atoms with Gasteiger partial charge in [0.25, 0.3) is 0 Å².